The number of ether oxygens (including phenoxy) is 1. The van der Waals surface area contributed by atoms with Crippen LogP contribution in [0.15, 0.2) is 30.0 Å². The van der Waals surface area contributed by atoms with Crippen molar-refractivity contribution in [1.29, 1.82) is 0 Å². The lowest BCUT2D eigenvalue weighted by molar-refractivity contribution is 0.266. The Bertz CT molecular complexity index is 488. The van der Waals surface area contributed by atoms with Crippen molar-refractivity contribution in [3.63, 3.8) is 0 Å². The Morgan fingerprint density at radius 3 is 2.95 bits per heavy atom. The van der Waals surface area contributed by atoms with Gasteiger partial charge in [-0.3, -0.25) is 0 Å². The Morgan fingerprint density at radius 2 is 2.21 bits per heavy atom. The highest BCUT2D eigenvalue weighted by atomic mass is 16.5. The molecule has 2 heteroatoms. The van der Waals surface area contributed by atoms with Gasteiger partial charge in [-0.05, 0) is 67.8 Å². The van der Waals surface area contributed by atoms with Crippen LogP contribution in [0.4, 0.5) is 0 Å². The van der Waals surface area contributed by atoms with Gasteiger partial charge < -0.3 is 10.1 Å². The normalized spacial score (nSPS) is 22.6. The zero-order valence-corrected chi connectivity index (χ0v) is 11.9. The van der Waals surface area contributed by atoms with E-state index in [0.717, 1.165) is 31.1 Å². The lowest BCUT2D eigenvalue weighted by Crippen LogP contribution is -2.15. The molecule has 2 nitrogen and oxygen atoms in total. The molecular weight excluding hydrogens is 234 g/mol. The molecule has 1 heterocycles. The minimum absolute atomic E-state index is 0.618. The van der Waals surface area contributed by atoms with E-state index in [-0.39, 0.29) is 0 Å². The van der Waals surface area contributed by atoms with Crippen molar-refractivity contribution in [3.05, 3.63) is 41.1 Å². The summed E-state index contributed by atoms with van der Waals surface area (Å²) in [5, 5.41) is 3.13. The Morgan fingerprint density at radius 1 is 1.37 bits per heavy atom. The lowest BCUT2D eigenvalue weighted by Gasteiger charge is -2.27. The molecule has 3 rings (SSSR count). The maximum absolute atomic E-state index is 5.82. The minimum atomic E-state index is 0.618. The van der Waals surface area contributed by atoms with Gasteiger partial charge in [0, 0.05) is 7.05 Å². The molecule has 1 saturated carbocycles. The second-order valence-corrected chi connectivity index (χ2v) is 5.89. The molecule has 1 aliphatic carbocycles. The molecule has 0 amide bonds. The third-order valence-electron chi connectivity index (χ3n) is 4.21. The molecule has 1 aliphatic heterocycles. The number of fused-ring (bicyclic) bond motifs is 1. The van der Waals surface area contributed by atoms with Crippen LogP contribution in [0.3, 0.4) is 0 Å². The zero-order valence-electron chi connectivity index (χ0n) is 11.9. The quantitative estimate of drug-likeness (QED) is 0.882. The Kier molecular flexibility index (Phi) is 3.50. The molecule has 1 fully saturated rings. The largest absolute Gasteiger partial charge is 0.493 e. The molecule has 1 N–H and O–H groups in total. The first kappa shape index (κ1) is 12.6. The van der Waals surface area contributed by atoms with Gasteiger partial charge in [-0.25, -0.2) is 0 Å². The second kappa shape index (κ2) is 5.28. The van der Waals surface area contributed by atoms with E-state index in [4.69, 9.17) is 4.74 Å². The van der Waals surface area contributed by atoms with E-state index in [1.54, 1.807) is 0 Å². The smallest absolute Gasteiger partial charge is 0.122 e. The van der Waals surface area contributed by atoms with Gasteiger partial charge in [0.05, 0.1) is 6.61 Å². The minimum Gasteiger partial charge on any atom is -0.493 e. The van der Waals surface area contributed by atoms with E-state index in [0.29, 0.717) is 5.92 Å². The number of hydrogen-bond donors (Lipinski definition) is 1. The predicted octanol–water partition coefficient (Wildman–Crippen LogP) is 3.94. The van der Waals surface area contributed by atoms with E-state index in [1.807, 2.05) is 7.05 Å². The van der Waals surface area contributed by atoms with E-state index >= 15 is 0 Å². The fourth-order valence-corrected chi connectivity index (χ4v) is 3.06. The van der Waals surface area contributed by atoms with Crippen LogP contribution < -0.4 is 10.1 Å². The molecular formula is C17H23NO. The average Bonchev–Trinajstić information content (AvgIpc) is 3.23. The van der Waals surface area contributed by atoms with Gasteiger partial charge in [-0.15, -0.1) is 0 Å². The van der Waals surface area contributed by atoms with Crippen LogP contribution in [0.25, 0.3) is 0 Å². The summed E-state index contributed by atoms with van der Waals surface area (Å²) in [4.78, 5) is 0. The van der Waals surface area contributed by atoms with Crippen molar-refractivity contribution in [1.82, 2.24) is 5.32 Å². The van der Waals surface area contributed by atoms with Gasteiger partial charge in [-0.2, -0.15) is 0 Å². The second-order valence-electron chi connectivity index (χ2n) is 5.89. The topological polar surface area (TPSA) is 21.3 Å². The molecule has 1 aromatic carbocycles. The Hall–Kier alpha value is -1.44. The summed E-state index contributed by atoms with van der Waals surface area (Å²) in [6.45, 7) is 3.06. The molecule has 19 heavy (non-hydrogen) atoms. The van der Waals surface area contributed by atoms with Crippen molar-refractivity contribution in [2.24, 2.45) is 0 Å². The molecule has 0 aromatic heterocycles. The van der Waals surface area contributed by atoms with Crippen molar-refractivity contribution in [2.45, 2.75) is 44.4 Å². The highest BCUT2D eigenvalue weighted by Crippen LogP contribution is 2.44. The standard InChI is InChI=1S/C17H23NO/c1-12(11-18-2)9-15-7-8-19-17-6-5-14(10-16(15)17)13-3-4-13/h5-6,10-11,13,15,18H,3-4,7-9H2,1-2H3/b12-11+. The van der Waals surface area contributed by atoms with E-state index in [9.17, 15) is 0 Å². The number of rotatable bonds is 4. The molecule has 1 aromatic rings. The monoisotopic (exact) mass is 257 g/mol. The summed E-state index contributed by atoms with van der Waals surface area (Å²) >= 11 is 0. The highest BCUT2D eigenvalue weighted by Gasteiger charge is 2.27. The summed E-state index contributed by atoms with van der Waals surface area (Å²) in [5.41, 5.74) is 4.36. The van der Waals surface area contributed by atoms with Gasteiger partial charge in [0.15, 0.2) is 0 Å². The molecule has 0 bridgehead atoms. The summed E-state index contributed by atoms with van der Waals surface area (Å²) in [6, 6.07) is 6.85. The maximum Gasteiger partial charge on any atom is 0.122 e. The lowest BCUT2D eigenvalue weighted by atomic mass is 9.86. The molecule has 1 unspecified atom stereocenters. The average molecular weight is 257 g/mol. The third kappa shape index (κ3) is 2.78. The van der Waals surface area contributed by atoms with Crippen LogP contribution in [0.2, 0.25) is 0 Å². The molecule has 0 saturated heterocycles. The van der Waals surface area contributed by atoms with Gasteiger partial charge in [0.25, 0.3) is 0 Å². The van der Waals surface area contributed by atoms with Crippen molar-refractivity contribution < 1.29 is 4.74 Å². The highest BCUT2D eigenvalue weighted by molar-refractivity contribution is 5.43. The van der Waals surface area contributed by atoms with E-state index < -0.39 is 0 Å². The van der Waals surface area contributed by atoms with E-state index in [1.165, 1.54) is 29.5 Å². The fourth-order valence-electron chi connectivity index (χ4n) is 3.06. The SMILES string of the molecule is CN/C=C(\C)CC1CCOc2ccc(C3CC3)cc21. The van der Waals surface area contributed by atoms with Crippen LogP contribution in [0.5, 0.6) is 5.75 Å². The predicted molar refractivity (Wildman–Crippen MR) is 78.7 cm³/mol. The van der Waals surface area contributed by atoms with Crippen LogP contribution in [-0.4, -0.2) is 13.7 Å². The van der Waals surface area contributed by atoms with Crippen LogP contribution in [0, 0.1) is 0 Å². The van der Waals surface area contributed by atoms with Gasteiger partial charge in [0.1, 0.15) is 5.75 Å². The number of hydrogen-bond acceptors (Lipinski definition) is 2. The first-order valence-corrected chi connectivity index (χ1v) is 7.37. The molecule has 102 valence electrons. The summed E-state index contributed by atoms with van der Waals surface area (Å²) in [5.74, 6) is 2.55. The van der Waals surface area contributed by atoms with Crippen molar-refractivity contribution in [2.75, 3.05) is 13.7 Å². The summed E-state index contributed by atoms with van der Waals surface area (Å²) in [7, 11) is 1.96. The van der Waals surface area contributed by atoms with Gasteiger partial charge in [0.2, 0.25) is 0 Å². The van der Waals surface area contributed by atoms with Crippen LogP contribution in [0.1, 0.15) is 55.6 Å². The molecule has 1 atom stereocenters. The van der Waals surface area contributed by atoms with Crippen LogP contribution >= 0.6 is 0 Å². The van der Waals surface area contributed by atoms with Gasteiger partial charge >= 0.3 is 0 Å². The number of benzene rings is 1. The van der Waals surface area contributed by atoms with Crippen molar-refractivity contribution >= 4 is 0 Å². The molecule has 0 radical (unpaired) electrons. The Balaban J connectivity index is 1.84. The fraction of sp³-hybridized carbons (Fsp3) is 0.529. The van der Waals surface area contributed by atoms with Crippen LogP contribution in [-0.2, 0) is 0 Å². The summed E-state index contributed by atoms with van der Waals surface area (Å²) < 4.78 is 5.82. The first-order chi connectivity index (χ1) is 9.28. The van der Waals surface area contributed by atoms with E-state index in [2.05, 4.69) is 36.6 Å². The van der Waals surface area contributed by atoms with Crippen molar-refractivity contribution in [3.8, 4) is 5.75 Å². The Labute approximate surface area is 115 Å². The first-order valence-electron chi connectivity index (χ1n) is 7.37. The number of allylic oxidation sites excluding steroid dienone is 1. The number of nitrogens with one attached hydrogen (secondary N) is 1. The third-order valence-corrected chi connectivity index (χ3v) is 4.21. The zero-order chi connectivity index (χ0) is 13.2. The summed E-state index contributed by atoms with van der Waals surface area (Å²) in [6.07, 6.45) is 7.10. The molecule has 2 aliphatic rings. The molecule has 0 spiro atoms. The maximum atomic E-state index is 5.82. The van der Waals surface area contributed by atoms with Gasteiger partial charge in [-0.1, -0.05) is 17.7 Å².